The molecule has 2 aromatic carbocycles. The molecule has 1 amide bonds. The Labute approximate surface area is 169 Å². The highest BCUT2D eigenvalue weighted by atomic mass is 35.5. The third kappa shape index (κ3) is 4.29. The van der Waals surface area contributed by atoms with Gasteiger partial charge in [0.15, 0.2) is 0 Å². The maximum atomic E-state index is 12.8. The van der Waals surface area contributed by atoms with Gasteiger partial charge in [-0.1, -0.05) is 29.3 Å². The van der Waals surface area contributed by atoms with Gasteiger partial charge in [-0.15, -0.1) is 0 Å². The van der Waals surface area contributed by atoms with E-state index in [0.717, 1.165) is 24.1 Å². The summed E-state index contributed by atoms with van der Waals surface area (Å²) in [5.74, 6) is -0.0457. The fourth-order valence-corrected chi connectivity index (χ4v) is 5.13. The number of benzene rings is 2. The molecule has 27 heavy (non-hydrogen) atoms. The molecule has 0 radical (unpaired) electrons. The van der Waals surface area contributed by atoms with Crippen LogP contribution in [-0.2, 0) is 21.2 Å². The molecule has 8 heteroatoms. The fraction of sp³-hybridized carbons (Fsp3) is 0.316. The lowest BCUT2D eigenvalue weighted by Crippen LogP contribution is -2.34. The van der Waals surface area contributed by atoms with Crippen molar-refractivity contribution < 1.29 is 13.2 Å². The van der Waals surface area contributed by atoms with Crippen molar-refractivity contribution in [1.29, 1.82) is 0 Å². The van der Waals surface area contributed by atoms with E-state index in [-0.39, 0.29) is 10.8 Å². The summed E-state index contributed by atoms with van der Waals surface area (Å²) in [4.78, 5) is 13.6. The summed E-state index contributed by atoms with van der Waals surface area (Å²) in [5, 5.41) is 0.892. The van der Waals surface area contributed by atoms with Crippen LogP contribution in [0, 0.1) is 0 Å². The van der Waals surface area contributed by atoms with Crippen molar-refractivity contribution in [3.05, 3.63) is 57.6 Å². The molecular weight excluding hydrogens is 407 g/mol. The number of hydrogen-bond acceptors (Lipinski definition) is 3. The number of sulfonamides is 1. The number of amides is 1. The van der Waals surface area contributed by atoms with Crippen molar-refractivity contribution in [2.45, 2.75) is 37.6 Å². The van der Waals surface area contributed by atoms with E-state index >= 15 is 0 Å². The van der Waals surface area contributed by atoms with Crippen LogP contribution in [0.4, 0.5) is 5.69 Å². The standard InChI is InChI=1S/C19H20Cl2N2O3S/c1-12(17-7-5-15(20)11-18(17)21)22-27(25,26)16-6-8-19-14(10-16)4-3-9-23(19)13(2)24/h5-8,10-12,22H,3-4,9H2,1-2H3/t12-/m1/s1. The number of rotatable bonds is 4. The normalized spacial score (nSPS) is 15.3. The van der Waals surface area contributed by atoms with Crippen molar-refractivity contribution in [1.82, 2.24) is 4.72 Å². The second kappa shape index (κ2) is 7.80. The zero-order chi connectivity index (χ0) is 19.8. The summed E-state index contributed by atoms with van der Waals surface area (Å²) in [7, 11) is -3.75. The Morgan fingerprint density at radius 3 is 2.59 bits per heavy atom. The molecule has 3 rings (SSSR count). The number of halogens is 2. The third-order valence-corrected chi connectivity index (χ3v) is 6.72. The zero-order valence-corrected chi connectivity index (χ0v) is 17.3. The number of fused-ring (bicyclic) bond motifs is 1. The minimum Gasteiger partial charge on any atom is -0.312 e. The SMILES string of the molecule is CC(=O)N1CCCc2cc(S(=O)(=O)N[C@H](C)c3ccc(Cl)cc3Cl)ccc21. The molecule has 144 valence electrons. The Kier molecular flexibility index (Phi) is 5.82. The molecule has 0 aromatic heterocycles. The van der Waals surface area contributed by atoms with Gasteiger partial charge >= 0.3 is 0 Å². The first-order valence-electron chi connectivity index (χ1n) is 8.57. The van der Waals surface area contributed by atoms with E-state index in [0.29, 0.717) is 22.2 Å². The summed E-state index contributed by atoms with van der Waals surface area (Å²) in [6.45, 7) is 3.89. The van der Waals surface area contributed by atoms with Crippen LogP contribution in [-0.4, -0.2) is 20.9 Å². The number of nitrogens with zero attached hydrogens (tertiary/aromatic N) is 1. The topological polar surface area (TPSA) is 66.5 Å². The quantitative estimate of drug-likeness (QED) is 0.790. The van der Waals surface area contributed by atoms with Crippen molar-refractivity contribution in [2.24, 2.45) is 0 Å². The van der Waals surface area contributed by atoms with E-state index < -0.39 is 16.1 Å². The summed E-state index contributed by atoms with van der Waals surface area (Å²) >= 11 is 12.1. The Bertz CT molecular complexity index is 992. The molecule has 1 aliphatic rings. The van der Waals surface area contributed by atoms with Gasteiger partial charge in [-0.05, 0) is 61.2 Å². The summed E-state index contributed by atoms with van der Waals surface area (Å²) < 4.78 is 28.3. The fourth-order valence-electron chi connectivity index (χ4n) is 3.28. The largest absolute Gasteiger partial charge is 0.312 e. The predicted octanol–water partition coefficient (Wildman–Crippen LogP) is 4.33. The van der Waals surface area contributed by atoms with Crippen molar-refractivity contribution in [3.63, 3.8) is 0 Å². The van der Waals surface area contributed by atoms with E-state index in [1.807, 2.05) is 0 Å². The van der Waals surface area contributed by atoms with Gasteiger partial charge < -0.3 is 4.90 Å². The second-order valence-electron chi connectivity index (χ2n) is 6.57. The van der Waals surface area contributed by atoms with Crippen LogP contribution in [0.5, 0.6) is 0 Å². The molecule has 0 bridgehead atoms. The molecule has 0 saturated carbocycles. The minimum absolute atomic E-state index is 0.0457. The smallest absolute Gasteiger partial charge is 0.241 e. The van der Waals surface area contributed by atoms with Crippen LogP contribution in [0.25, 0.3) is 0 Å². The van der Waals surface area contributed by atoms with Gasteiger partial charge in [0.25, 0.3) is 0 Å². The van der Waals surface area contributed by atoms with Crippen LogP contribution in [0.3, 0.4) is 0 Å². The van der Waals surface area contributed by atoms with Crippen molar-refractivity contribution in [3.8, 4) is 0 Å². The maximum Gasteiger partial charge on any atom is 0.241 e. The zero-order valence-electron chi connectivity index (χ0n) is 15.0. The predicted molar refractivity (Wildman–Crippen MR) is 108 cm³/mol. The van der Waals surface area contributed by atoms with Crippen LogP contribution in [0.15, 0.2) is 41.3 Å². The molecule has 1 atom stereocenters. The van der Waals surface area contributed by atoms with Crippen molar-refractivity contribution in [2.75, 3.05) is 11.4 Å². The lowest BCUT2D eigenvalue weighted by Gasteiger charge is -2.29. The summed E-state index contributed by atoms with van der Waals surface area (Å²) in [5.41, 5.74) is 2.28. The second-order valence-corrected chi connectivity index (χ2v) is 9.13. The van der Waals surface area contributed by atoms with Gasteiger partial charge in [-0.25, -0.2) is 13.1 Å². The highest BCUT2D eigenvalue weighted by Crippen LogP contribution is 2.31. The molecule has 0 aliphatic carbocycles. The molecule has 0 saturated heterocycles. The van der Waals surface area contributed by atoms with Gasteiger partial charge in [-0.2, -0.15) is 0 Å². The monoisotopic (exact) mass is 426 g/mol. The molecule has 1 heterocycles. The molecule has 1 aliphatic heterocycles. The number of aryl methyl sites for hydroxylation is 1. The first-order chi connectivity index (χ1) is 12.7. The molecule has 1 N–H and O–H groups in total. The molecular formula is C19H20Cl2N2O3S. The number of hydrogen-bond donors (Lipinski definition) is 1. The van der Waals surface area contributed by atoms with E-state index in [2.05, 4.69) is 4.72 Å². The van der Waals surface area contributed by atoms with Crippen LogP contribution in [0.1, 0.15) is 37.4 Å². The number of nitrogens with one attached hydrogen (secondary N) is 1. The lowest BCUT2D eigenvalue weighted by molar-refractivity contribution is -0.116. The average molecular weight is 427 g/mol. The average Bonchev–Trinajstić information content (AvgIpc) is 2.60. The first-order valence-corrected chi connectivity index (χ1v) is 10.8. The summed E-state index contributed by atoms with van der Waals surface area (Å²) in [6, 6.07) is 9.30. The van der Waals surface area contributed by atoms with Gasteiger partial charge in [0, 0.05) is 35.2 Å². The van der Waals surface area contributed by atoms with Gasteiger partial charge in [0.2, 0.25) is 15.9 Å². The van der Waals surface area contributed by atoms with E-state index in [1.54, 1.807) is 42.2 Å². The number of carbonyl (C=O) groups is 1. The van der Waals surface area contributed by atoms with Crippen LogP contribution in [0.2, 0.25) is 10.0 Å². The number of carbonyl (C=O) groups excluding carboxylic acids is 1. The molecule has 0 spiro atoms. The Hall–Kier alpha value is -1.60. The lowest BCUT2D eigenvalue weighted by atomic mass is 10.0. The third-order valence-electron chi connectivity index (χ3n) is 4.62. The Morgan fingerprint density at radius 2 is 1.93 bits per heavy atom. The van der Waals surface area contributed by atoms with Crippen LogP contribution >= 0.6 is 23.2 Å². The number of anilines is 1. The Balaban J connectivity index is 1.88. The van der Waals surface area contributed by atoms with E-state index in [1.165, 1.54) is 13.0 Å². The highest BCUT2D eigenvalue weighted by molar-refractivity contribution is 7.89. The van der Waals surface area contributed by atoms with Crippen LogP contribution < -0.4 is 9.62 Å². The minimum atomic E-state index is -3.75. The van der Waals surface area contributed by atoms with Crippen molar-refractivity contribution >= 4 is 44.8 Å². The molecule has 5 nitrogen and oxygen atoms in total. The molecule has 0 fully saturated rings. The summed E-state index contributed by atoms with van der Waals surface area (Å²) in [6.07, 6.45) is 1.54. The van der Waals surface area contributed by atoms with E-state index in [9.17, 15) is 13.2 Å². The Morgan fingerprint density at radius 1 is 1.19 bits per heavy atom. The maximum absolute atomic E-state index is 12.8. The van der Waals surface area contributed by atoms with Gasteiger partial charge in [-0.3, -0.25) is 4.79 Å². The van der Waals surface area contributed by atoms with E-state index in [4.69, 9.17) is 23.2 Å². The highest BCUT2D eigenvalue weighted by Gasteiger charge is 2.24. The molecule has 0 unspecified atom stereocenters. The van der Waals surface area contributed by atoms with Gasteiger partial charge in [0.05, 0.1) is 4.90 Å². The first kappa shape index (κ1) is 20.1. The van der Waals surface area contributed by atoms with Gasteiger partial charge in [0.1, 0.15) is 0 Å². The molecule has 2 aromatic rings.